The predicted molar refractivity (Wildman–Crippen MR) is 70.0 cm³/mol. The number of fused-ring (bicyclic) bond motifs is 1. The van der Waals surface area contributed by atoms with Gasteiger partial charge in [-0.1, -0.05) is 0 Å². The number of hydrogen-bond donors (Lipinski definition) is 3. The maximum atomic E-state index is 10.5. The fraction of sp³-hybridized carbons (Fsp3) is 0.500. The van der Waals surface area contributed by atoms with Gasteiger partial charge in [0.25, 0.3) is 0 Å². The lowest BCUT2D eigenvalue weighted by molar-refractivity contribution is -0.0384. The Morgan fingerprint density at radius 1 is 1.52 bits per heavy atom. The van der Waals surface area contributed by atoms with Crippen LogP contribution in [-0.4, -0.2) is 48.3 Å². The summed E-state index contributed by atoms with van der Waals surface area (Å²) in [5.74, 6) is 0.259. The van der Waals surface area contributed by atoms with Gasteiger partial charge in [0.2, 0.25) is 0 Å². The molecule has 2 aromatic rings. The third-order valence-corrected chi connectivity index (χ3v) is 3.62. The average molecular weight is 314 g/mol. The Morgan fingerprint density at radius 2 is 2.33 bits per heavy atom. The molecule has 112 valence electrons. The van der Waals surface area contributed by atoms with Gasteiger partial charge in [0, 0.05) is 11.0 Å². The molecule has 11 heteroatoms. The van der Waals surface area contributed by atoms with Gasteiger partial charge in [-0.05, 0) is 0 Å². The van der Waals surface area contributed by atoms with Gasteiger partial charge in [0.15, 0.2) is 11.5 Å². The first-order chi connectivity index (χ1) is 10.1. The molecule has 0 radical (unpaired) electrons. The molecule has 0 amide bonds. The van der Waals surface area contributed by atoms with Gasteiger partial charge < -0.3 is 15.6 Å². The molecule has 0 bridgehead atoms. The van der Waals surface area contributed by atoms with Crippen LogP contribution in [0.2, 0.25) is 0 Å². The van der Waals surface area contributed by atoms with E-state index in [-0.39, 0.29) is 18.8 Å². The molecular formula is C10H13N5O5P+. The molecule has 0 aromatic carbocycles. The molecule has 0 saturated carbocycles. The largest absolute Gasteiger partial charge is 0.694 e. The number of nitrogens with two attached hydrogens (primary N) is 1. The highest BCUT2D eigenvalue weighted by atomic mass is 31.1. The van der Waals surface area contributed by atoms with Gasteiger partial charge in [0.1, 0.15) is 30.8 Å². The number of nitrogen functional groups attached to an aromatic ring is 1. The fourth-order valence-electron chi connectivity index (χ4n) is 2.25. The number of aliphatic hydroxyl groups excluding tert-OH is 1. The number of hydrogen-bond acceptors (Lipinski definition) is 8. The van der Waals surface area contributed by atoms with Crippen molar-refractivity contribution in [3.63, 3.8) is 0 Å². The number of aromatic nitrogens is 4. The number of rotatable bonds is 4. The van der Waals surface area contributed by atoms with Crippen LogP contribution in [0.15, 0.2) is 12.7 Å². The van der Waals surface area contributed by atoms with Crippen LogP contribution in [0.4, 0.5) is 5.82 Å². The molecule has 2 unspecified atom stereocenters. The van der Waals surface area contributed by atoms with Gasteiger partial charge in [-0.2, -0.15) is 0 Å². The summed E-state index contributed by atoms with van der Waals surface area (Å²) in [6, 6.07) is 0. The van der Waals surface area contributed by atoms with E-state index in [0.29, 0.717) is 11.2 Å². The maximum Gasteiger partial charge on any atom is 0.694 e. The van der Waals surface area contributed by atoms with Crippen molar-refractivity contribution in [3.8, 4) is 0 Å². The Labute approximate surface area is 119 Å². The lowest BCUT2D eigenvalue weighted by Crippen LogP contribution is -2.25. The molecule has 1 aliphatic heterocycles. The van der Waals surface area contributed by atoms with E-state index in [9.17, 15) is 9.67 Å². The summed E-state index contributed by atoms with van der Waals surface area (Å²) in [5.41, 5.74) is 6.65. The van der Waals surface area contributed by atoms with Crippen molar-refractivity contribution in [1.29, 1.82) is 0 Å². The topological polar surface area (TPSA) is 146 Å². The first-order valence-corrected chi connectivity index (χ1v) is 7.25. The summed E-state index contributed by atoms with van der Waals surface area (Å²) in [6.45, 7) is -0.173. The van der Waals surface area contributed by atoms with Crippen molar-refractivity contribution in [2.24, 2.45) is 0 Å². The summed E-state index contributed by atoms with van der Waals surface area (Å²) >= 11 is 0. The zero-order valence-corrected chi connectivity index (χ0v) is 11.6. The molecule has 1 aliphatic rings. The summed E-state index contributed by atoms with van der Waals surface area (Å²) in [7, 11) is -2.72. The SMILES string of the molecule is Nc1ncnc2c1ncn2[C@H]1CC(O)[C@@H](CO[P+](=O)O)O1. The Hall–Kier alpha value is -1.71. The van der Waals surface area contributed by atoms with Crippen molar-refractivity contribution >= 4 is 25.2 Å². The molecule has 4 N–H and O–H groups in total. The van der Waals surface area contributed by atoms with Crippen LogP contribution in [0.1, 0.15) is 12.6 Å². The zero-order chi connectivity index (χ0) is 15.0. The predicted octanol–water partition coefficient (Wildman–Crippen LogP) is -0.277. The van der Waals surface area contributed by atoms with Gasteiger partial charge in [-0.3, -0.25) is 4.57 Å². The van der Waals surface area contributed by atoms with Gasteiger partial charge >= 0.3 is 8.25 Å². The van der Waals surface area contributed by atoms with Crippen LogP contribution in [0.3, 0.4) is 0 Å². The minimum absolute atomic E-state index is 0.173. The Kier molecular flexibility index (Phi) is 3.79. The second-order valence-corrected chi connectivity index (χ2v) is 5.28. The van der Waals surface area contributed by atoms with E-state index in [0.717, 1.165) is 0 Å². The van der Waals surface area contributed by atoms with E-state index < -0.39 is 26.7 Å². The molecule has 0 aliphatic carbocycles. The van der Waals surface area contributed by atoms with Gasteiger partial charge in [-0.15, -0.1) is 9.42 Å². The zero-order valence-electron chi connectivity index (χ0n) is 10.7. The molecular weight excluding hydrogens is 301 g/mol. The minimum atomic E-state index is -2.72. The first kappa shape index (κ1) is 14.2. The lowest BCUT2D eigenvalue weighted by Gasteiger charge is -2.13. The monoisotopic (exact) mass is 314 g/mol. The number of nitrogens with zero attached hydrogens (tertiary/aromatic N) is 4. The Bertz CT molecular complexity index is 679. The van der Waals surface area contributed by atoms with E-state index in [1.54, 1.807) is 4.57 Å². The highest BCUT2D eigenvalue weighted by molar-refractivity contribution is 7.32. The van der Waals surface area contributed by atoms with Crippen molar-refractivity contribution in [2.45, 2.75) is 24.9 Å². The standard InChI is InChI=1S/C10H12N5O5P/c11-9-8-10(13-3-12-9)15(4-14-8)7-1-5(16)6(20-7)2-19-21(17)18/h3-7,16H,1-2H2,(H2-,11,12,13,17,18)/p+1/t5?,6-,7-/m1/s1. The van der Waals surface area contributed by atoms with Crippen LogP contribution >= 0.6 is 8.25 Å². The second-order valence-electron chi connectivity index (χ2n) is 4.55. The molecule has 4 atom stereocenters. The molecule has 0 spiro atoms. The average Bonchev–Trinajstić information content (AvgIpc) is 3.01. The molecule has 2 aromatic heterocycles. The van der Waals surface area contributed by atoms with E-state index in [1.807, 2.05) is 0 Å². The van der Waals surface area contributed by atoms with Crippen molar-refractivity contribution in [3.05, 3.63) is 12.7 Å². The van der Waals surface area contributed by atoms with Crippen LogP contribution in [0.5, 0.6) is 0 Å². The summed E-state index contributed by atoms with van der Waals surface area (Å²) < 4.78 is 22.4. The summed E-state index contributed by atoms with van der Waals surface area (Å²) in [5, 5.41) is 9.93. The fourth-order valence-corrected chi connectivity index (χ4v) is 2.53. The Balaban J connectivity index is 1.81. The van der Waals surface area contributed by atoms with E-state index >= 15 is 0 Å². The normalized spacial score (nSPS) is 26.4. The third-order valence-electron chi connectivity index (χ3n) is 3.25. The quantitative estimate of drug-likeness (QED) is 0.648. The molecule has 21 heavy (non-hydrogen) atoms. The van der Waals surface area contributed by atoms with E-state index in [1.165, 1.54) is 12.7 Å². The van der Waals surface area contributed by atoms with E-state index in [2.05, 4.69) is 19.5 Å². The van der Waals surface area contributed by atoms with Crippen LogP contribution in [-0.2, 0) is 13.8 Å². The van der Waals surface area contributed by atoms with Crippen molar-refractivity contribution in [2.75, 3.05) is 12.3 Å². The smallest absolute Gasteiger partial charge is 0.390 e. The van der Waals surface area contributed by atoms with Crippen LogP contribution < -0.4 is 5.73 Å². The van der Waals surface area contributed by atoms with Crippen LogP contribution in [0.25, 0.3) is 11.2 Å². The van der Waals surface area contributed by atoms with Crippen LogP contribution in [0, 0.1) is 0 Å². The molecule has 10 nitrogen and oxygen atoms in total. The van der Waals surface area contributed by atoms with Gasteiger partial charge in [0.05, 0.1) is 12.4 Å². The number of ether oxygens (including phenoxy) is 1. The summed E-state index contributed by atoms with van der Waals surface area (Å²) in [4.78, 5) is 20.7. The van der Waals surface area contributed by atoms with Crippen molar-refractivity contribution < 1.29 is 23.8 Å². The second kappa shape index (κ2) is 5.58. The number of imidazole rings is 1. The third kappa shape index (κ3) is 2.71. The minimum Gasteiger partial charge on any atom is -0.390 e. The van der Waals surface area contributed by atoms with Gasteiger partial charge in [-0.25, -0.2) is 15.0 Å². The first-order valence-electron chi connectivity index (χ1n) is 6.12. The maximum absolute atomic E-state index is 10.5. The number of aliphatic hydroxyl groups is 1. The molecule has 1 fully saturated rings. The molecule has 1 saturated heterocycles. The van der Waals surface area contributed by atoms with Crippen molar-refractivity contribution in [1.82, 2.24) is 19.5 Å². The van der Waals surface area contributed by atoms with E-state index in [4.69, 9.17) is 15.4 Å². The number of anilines is 1. The lowest BCUT2D eigenvalue weighted by atomic mass is 10.2. The molecule has 3 heterocycles. The molecule has 3 rings (SSSR count). The highest BCUT2D eigenvalue weighted by Crippen LogP contribution is 2.32. The summed E-state index contributed by atoms with van der Waals surface area (Å²) in [6.07, 6.45) is 1.08. The highest BCUT2D eigenvalue weighted by Gasteiger charge is 2.37. The Morgan fingerprint density at radius 3 is 3.10 bits per heavy atom.